The second kappa shape index (κ2) is 15.9. The molecule has 0 unspecified atom stereocenters. The lowest BCUT2D eigenvalue weighted by Crippen LogP contribution is -2.08. The number of carboxylic acids is 4. The van der Waals surface area contributed by atoms with Gasteiger partial charge in [0.1, 0.15) is 0 Å². The van der Waals surface area contributed by atoms with Gasteiger partial charge in [-0.25, -0.2) is 9.59 Å². The number of rotatable bonds is 9. The number of hydrogen-bond acceptors (Lipinski definition) is 8. The molecule has 1 aromatic carbocycles. The van der Waals surface area contributed by atoms with Gasteiger partial charge >= 0.3 is 23.9 Å². The van der Waals surface area contributed by atoms with Crippen LogP contribution in [0.25, 0.3) is 0 Å². The van der Waals surface area contributed by atoms with Crippen LogP contribution >= 0.6 is 0 Å². The highest BCUT2D eigenvalue weighted by Gasteiger charge is 2.05. The minimum Gasteiger partial charge on any atom is -0.481 e. The highest BCUT2D eigenvalue weighted by Crippen LogP contribution is 2.03. The molecule has 0 fully saturated rings. The van der Waals surface area contributed by atoms with Crippen molar-refractivity contribution in [3.8, 4) is 0 Å². The molecule has 0 aliphatic heterocycles. The summed E-state index contributed by atoms with van der Waals surface area (Å²) in [7, 11) is 0. The van der Waals surface area contributed by atoms with Crippen LogP contribution in [0.4, 0.5) is 0 Å². The predicted molar refractivity (Wildman–Crippen MR) is 95.2 cm³/mol. The van der Waals surface area contributed by atoms with E-state index < -0.39 is 36.5 Å². The lowest BCUT2D eigenvalue weighted by Gasteiger charge is -2.03. The van der Waals surface area contributed by atoms with E-state index in [2.05, 4.69) is 0 Å². The Morgan fingerprint density at radius 2 is 0.897 bits per heavy atom. The third kappa shape index (κ3) is 19.5. The largest absolute Gasteiger partial charge is 0.481 e. The molecule has 0 aliphatic rings. The molecule has 0 bridgehead atoms. The van der Waals surface area contributed by atoms with E-state index in [1.54, 1.807) is 0 Å². The summed E-state index contributed by atoms with van der Waals surface area (Å²) < 4.78 is 0. The molecule has 0 heterocycles. The second-order valence-electron chi connectivity index (χ2n) is 5.37. The Bertz CT molecular complexity index is 581. The predicted octanol–water partition coefficient (Wildman–Crippen LogP) is -0.203. The first-order valence-electron chi connectivity index (χ1n) is 8.09. The van der Waals surface area contributed by atoms with Crippen molar-refractivity contribution in [3.63, 3.8) is 0 Å². The van der Waals surface area contributed by atoms with Crippen molar-refractivity contribution in [2.24, 2.45) is 0 Å². The van der Waals surface area contributed by atoms with Crippen LogP contribution in [0.5, 0.6) is 0 Å². The first kappa shape index (κ1) is 28.2. The lowest BCUT2D eigenvalue weighted by molar-refractivity contribution is -0.143. The molecule has 164 valence electrons. The molecule has 0 aromatic heterocycles. The average Bonchev–Trinajstić information content (AvgIpc) is 2.60. The highest BCUT2D eigenvalue weighted by molar-refractivity contribution is 5.91. The summed E-state index contributed by atoms with van der Waals surface area (Å²) in [5, 5.41) is 65.8. The van der Waals surface area contributed by atoms with E-state index in [0.29, 0.717) is 6.42 Å². The van der Waals surface area contributed by atoms with E-state index in [4.69, 9.17) is 40.9 Å². The quantitative estimate of drug-likeness (QED) is 0.243. The standard InChI is InChI=1S/C8H6O4.C5H12O4.C4H6O4/c9-7(10)5-1-2-6(4-3-5)8(11)12;6-4(7)2-1-3-5(8)9;5-3(6)1-2-4(7)8/h1-4H,(H,9,10)(H,11,12);4-9H,1-3H2;1-2H2,(H,5,6)(H,7,8). The van der Waals surface area contributed by atoms with Gasteiger partial charge < -0.3 is 40.9 Å². The smallest absolute Gasteiger partial charge is 0.335 e. The summed E-state index contributed by atoms with van der Waals surface area (Å²) in [6.45, 7) is 0. The molecule has 0 amide bonds. The van der Waals surface area contributed by atoms with Crippen molar-refractivity contribution in [3.05, 3.63) is 35.4 Å². The molecule has 8 N–H and O–H groups in total. The fourth-order valence-corrected chi connectivity index (χ4v) is 1.45. The van der Waals surface area contributed by atoms with Crippen LogP contribution in [0.2, 0.25) is 0 Å². The summed E-state index contributed by atoms with van der Waals surface area (Å²) >= 11 is 0. The summed E-state index contributed by atoms with van der Waals surface area (Å²) in [6.07, 6.45) is -2.46. The van der Waals surface area contributed by atoms with Gasteiger partial charge in [-0.05, 0) is 43.5 Å². The fourth-order valence-electron chi connectivity index (χ4n) is 1.45. The lowest BCUT2D eigenvalue weighted by atomic mass is 10.1. The van der Waals surface area contributed by atoms with Crippen LogP contribution in [-0.4, -0.2) is 77.3 Å². The van der Waals surface area contributed by atoms with Crippen LogP contribution < -0.4 is 0 Å². The van der Waals surface area contributed by atoms with Gasteiger partial charge in [-0.3, -0.25) is 9.59 Å². The molecular weight excluding hydrogens is 396 g/mol. The summed E-state index contributed by atoms with van der Waals surface area (Å²) in [5.41, 5.74) is 0.167. The van der Waals surface area contributed by atoms with E-state index in [0.717, 1.165) is 0 Å². The summed E-state index contributed by atoms with van der Waals surface area (Å²) in [6, 6.07) is 5.02. The topological polar surface area (TPSA) is 230 Å². The number of aliphatic hydroxyl groups is 4. The Morgan fingerprint density at radius 1 is 0.621 bits per heavy atom. The van der Waals surface area contributed by atoms with Crippen LogP contribution in [0, 0.1) is 0 Å². The highest BCUT2D eigenvalue weighted by atomic mass is 16.5. The van der Waals surface area contributed by atoms with Gasteiger partial charge in [0.25, 0.3) is 0 Å². The molecule has 12 nitrogen and oxygen atoms in total. The van der Waals surface area contributed by atoms with Crippen LogP contribution in [0.15, 0.2) is 24.3 Å². The van der Waals surface area contributed by atoms with E-state index in [9.17, 15) is 19.2 Å². The van der Waals surface area contributed by atoms with E-state index >= 15 is 0 Å². The Labute approximate surface area is 164 Å². The molecule has 0 atom stereocenters. The first-order valence-corrected chi connectivity index (χ1v) is 8.09. The Kier molecular flexibility index (Phi) is 15.5. The van der Waals surface area contributed by atoms with Crippen LogP contribution in [-0.2, 0) is 9.59 Å². The minimum absolute atomic E-state index is 0.0833. The molecule has 0 saturated heterocycles. The Balaban J connectivity index is 0. The zero-order chi connectivity index (χ0) is 23.0. The van der Waals surface area contributed by atoms with Crippen LogP contribution in [0.1, 0.15) is 52.8 Å². The number of carboxylic acid groups (broad SMARTS) is 4. The maximum Gasteiger partial charge on any atom is 0.335 e. The average molecular weight is 420 g/mol. The SMILES string of the molecule is O=C(O)CCC(=O)O.O=C(O)c1ccc(C(=O)O)cc1.OC(O)CCCC(O)O. The molecule has 0 spiro atoms. The van der Waals surface area contributed by atoms with Crippen molar-refractivity contribution in [1.29, 1.82) is 0 Å². The second-order valence-corrected chi connectivity index (χ2v) is 5.37. The van der Waals surface area contributed by atoms with E-state index in [1.807, 2.05) is 0 Å². The normalized spacial score (nSPS) is 9.72. The van der Waals surface area contributed by atoms with Crippen molar-refractivity contribution < 1.29 is 60.0 Å². The summed E-state index contributed by atoms with van der Waals surface area (Å²) in [4.78, 5) is 40.0. The molecule has 0 aliphatic carbocycles. The maximum atomic E-state index is 10.3. The van der Waals surface area contributed by atoms with Gasteiger partial charge in [0.2, 0.25) is 0 Å². The number of hydrogen-bond donors (Lipinski definition) is 8. The van der Waals surface area contributed by atoms with Gasteiger partial charge in [0.05, 0.1) is 24.0 Å². The molecule has 1 rings (SSSR count). The number of benzene rings is 1. The Morgan fingerprint density at radius 3 is 1.07 bits per heavy atom. The van der Waals surface area contributed by atoms with Crippen molar-refractivity contribution in [2.75, 3.05) is 0 Å². The van der Waals surface area contributed by atoms with Gasteiger partial charge in [-0.1, -0.05) is 0 Å². The number of aliphatic hydroxyl groups excluding tert-OH is 2. The minimum atomic E-state index is -1.33. The molecule has 1 aromatic rings. The fraction of sp³-hybridized carbons (Fsp3) is 0.412. The number of aliphatic carboxylic acids is 2. The van der Waals surface area contributed by atoms with Gasteiger partial charge in [-0.2, -0.15) is 0 Å². The van der Waals surface area contributed by atoms with Gasteiger partial charge in [-0.15, -0.1) is 0 Å². The third-order valence-corrected chi connectivity index (χ3v) is 2.86. The van der Waals surface area contributed by atoms with Crippen molar-refractivity contribution >= 4 is 23.9 Å². The van der Waals surface area contributed by atoms with Gasteiger partial charge in [0.15, 0.2) is 12.6 Å². The molecule has 0 radical (unpaired) electrons. The van der Waals surface area contributed by atoms with Crippen molar-refractivity contribution in [1.82, 2.24) is 0 Å². The van der Waals surface area contributed by atoms with Crippen molar-refractivity contribution in [2.45, 2.75) is 44.7 Å². The molecule has 0 saturated carbocycles. The molecule has 12 heteroatoms. The van der Waals surface area contributed by atoms with Crippen LogP contribution in [0.3, 0.4) is 0 Å². The number of aromatic carboxylic acids is 2. The zero-order valence-corrected chi connectivity index (χ0v) is 15.2. The van der Waals surface area contributed by atoms with E-state index in [1.165, 1.54) is 24.3 Å². The Hall–Kier alpha value is -3.06. The first-order chi connectivity index (χ1) is 13.4. The number of carbonyl (C=O) groups is 4. The summed E-state index contributed by atoms with van der Waals surface area (Å²) in [5.74, 6) is -4.28. The maximum absolute atomic E-state index is 10.3. The monoisotopic (exact) mass is 420 g/mol. The van der Waals surface area contributed by atoms with E-state index in [-0.39, 0.29) is 36.8 Å². The molecular formula is C17H24O12. The van der Waals surface area contributed by atoms with Gasteiger partial charge in [0, 0.05) is 0 Å². The molecule has 29 heavy (non-hydrogen) atoms. The third-order valence-electron chi connectivity index (χ3n) is 2.86. The zero-order valence-electron chi connectivity index (χ0n) is 15.2.